The predicted molar refractivity (Wildman–Crippen MR) is 68.7 cm³/mol. The van der Waals surface area contributed by atoms with Crippen molar-refractivity contribution in [3.05, 3.63) is 52.9 Å². The van der Waals surface area contributed by atoms with Gasteiger partial charge in [0.1, 0.15) is 5.82 Å². The molecule has 1 aromatic heterocycles. The van der Waals surface area contributed by atoms with Gasteiger partial charge >= 0.3 is 0 Å². The Morgan fingerprint density at radius 1 is 1.18 bits per heavy atom. The van der Waals surface area contributed by atoms with E-state index in [0.29, 0.717) is 5.92 Å². The summed E-state index contributed by atoms with van der Waals surface area (Å²) in [6, 6.07) is 10.5. The van der Waals surface area contributed by atoms with Gasteiger partial charge in [-0.2, -0.15) is 0 Å². The molecule has 0 bridgehead atoms. The number of benzene rings is 1. The first-order chi connectivity index (χ1) is 8.08. The lowest BCUT2D eigenvalue weighted by Gasteiger charge is -2.07. The van der Waals surface area contributed by atoms with Crippen LogP contribution in [0.2, 0.25) is 5.02 Å². The topological polar surface area (TPSA) is 12.9 Å². The highest BCUT2D eigenvalue weighted by molar-refractivity contribution is 6.30. The minimum atomic E-state index is -0.416. The maximum absolute atomic E-state index is 13.4. The molecule has 2 aromatic rings. The smallest absolute Gasteiger partial charge is 0.142 e. The van der Waals surface area contributed by atoms with Crippen LogP contribution in [0, 0.1) is 5.82 Å². The SMILES string of the molecule is CC(C)c1cccc(-c2ccc(Cl)c(F)c2)n1. The summed E-state index contributed by atoms with van der Waals surface area (Å²) in [5, 5.41) is 0.133. The quantitative estimate of drug-likeness (QED) is 0.754. The fourth-order valence-electron chi connectivity index (χ4n) is 1.59. The highest BCUT2D eigenvalue weighted by Gasteiger charge is 2.06. The Morgan fingerprint density at radius 3 is 2.59 bits per heavy atom. The molecule has 0 aliphatic carbocycles. The standard InChI is InChI=1S/C14H13ClFN/c1-9(2)13-4-3-5-14(17-13)10-6-7-11(15)12(16)8-10/h3-9H,1-2H3. The maximum Gasteiger partial charge on any atom is 0.142 e. The van der Waals surface area contributed by atoms with E-state index in [4.69, 9.17) is 11.6 Å². The molecular weight excluding hydrogens is 237 g/mol. The Hall–Kier alpha value is -1.41. The first-order valence-corrected chi connectivity index (χ1v) is 5.88. The molecular formula is C14H13ClFN. The second-order valence-electron chi connectivity index (χ2n) is 4.23. The summed E-state index contributed by atoms with van der Waals surface area (Å²) in [6.07, 6.45) is 0. The summed E-state index contributed by atoms with van der Waals surface area (Å²) in [5.41, 5.74) is 2.51. The molecule has 0 aliphatic rings. The van der Waals surface area contributed by atoms with Crippen LogP contribution in [0.25, 0.3) is 11.3 Å². The highest BCUT2D eigenvalue weighted by Crippen LogP contribution is 2.24. The van der Waals surface area contributed by atoms with E-state index in [1.165, 1.54) is 6.07 Å². The molecule has 3 heteroatoms. The zero-order chi connectivity index (χ0) is 12.4. The average molecular weight is 250 g/mol. The van der Waals surface area contributed by atoms with Gasteiger partial charge in [-0.3, -0.25) is 4.98 Å². The first-order valence-electron chi connectivity index (χ1n) is 5.50. The van der Waals surface area contributed by atoms with Crippen molar-refractivity contribution in [2.24, 2.45) is 0 Å². The lowest BCUT2D eigenvalue weighted by atomic mass is 10.1. The normalized spacial score (nSPS) is 10.9. The van der Waals surface area contributed by atoms with Crippen molar-refractivity contribution in [2.75, 3.05) is 0 Å². The van der Waals surface area contributed by atoms with Gasteiger partial charge in [-0.1, -0.05) is 37.6 Å². The summed E-state index contributed by atoms with van der Waals surface area (Å²) in [7, 11) is 0. The van der Waals surface area contributed by atoms with Crippen LogP contribution < -0.4 is 0 Å². The fraction of sp³-hybridized carbons (Fsp3) is 0.214. The van der Waals surface area contributed by atoms with Crippen molar-refractivity contribution < 1.29 is 4.39 Å². The summed E-state index contributed by atoms with van der Waals surface area (Å²) < 4.78 is 13.4. The summed E-state index contributed by atoms with van der Waals surface area (Å²) in [6.45, 7) is 4.16. The highest BCUT2D eigenvalue weighted by atomic mass is 35.5. The van der Waals surface area contributed by atoms with Crippen LogP contribution in [-0.4, -0.2) is 4.98 Å². The van der Waals surface area contributed by atoms with Crippen molar-refractivity contribution >= 4 is 11.6 Å². The molecule has 0 saturated carbocycles. The van der Waals surface area contributed by atoms with Crippen molar-refractivity contribution in [1.29, 1.82) is 0 Å². The van der Waals surface area contributed by atoms with E-state index < -0.39 is 5.82 Å². The molecule has 17 heavy (non-hydrogen) atoms. The summed E-state index contributed by atoms with van der Waals surface area (Å²) in [4.78, 5) is 4.50. The Balaban J connectivity index is 2.45. The van der Waals surface area contributed by atoms with E-state index in [1.54, 1.807) is 12.1 Å². The third-order valence-electron chi connectivity index (χ3n) is 2.58. The van der Waals surface area contributed by atoms with E-state index in [9.17, 15) is 4.39 Å². The van der Waals surface area contributed by atoms with Crippen molar-refractivity contribution in [3.63, 3.8) is 0 Å². The third kappa shape index (κ3) is 2.64. The zero-order valence-electron chi connectivity index (χ0n) is 9.74. The molecule has 0 atom stereocenters. The maximum atomic E-state index is 13.4. The minimum absolute atomic E-state index is 0.133. The van der Waals surface area contributed by atoms with Gasteiger partial charge in [-0.05, 0) is 30.2 Å². The van der Waals surface area contributed by atoms with E-state index in [1.807, 2.05) is 18.2 Å². The largest absolute Gasteiger partial charge is 0.253 e. The second-order valence-corrected chi connectivity index (χ2v) is 4.64. The molecule has 0 radical (unpaired) electrons. The minimum Gasteiger partial charge on any atom is -0.253 e. The van der Waals surface area contributed by atoms with E-state index in [2.05, 4.69) is 18.8 Å². The van der Waals surface area contributed by atoms with Gasteiger partial charge in [0.2, 0.25) is 0 Å². The van der Waals surface area contributed by atoms with E-state index in [0.717, 1.165) is 17.0 Å². The molecule has 1 heterocycles. The number of halogens is 2. The molecule has 0 spiro atoms. The Kier molecular flexibility index (Phi) is 3.43. The van der Waals surface area contributed by atoms with Crippen LogP contribution in [0.4, 0.5) is 4.39 Å². The lowest BCUT2D eigenvalue weighted by molar-refractivity contribution is 0.628. The van der Waals surface area contributed by atoms with Gasteiger partial charge in [0.15, 0.2) is 0 Å². The van der Waals surface area contributed by atoms with Crippen LogP contribution in [-0.2, 0) is 0 Å². The Morgan fingerprint density at radius 2 is 1.94 bits per heavy atom. The first kappa shape index (κ1) is 12.1. The molecule has 0 unspecified atom stereocenters. The van der Waals surface area contributed by atoms with Crippen LogP contribution >= 0.6 is 11.6 Å². The van der Waals surface area contributed by atoms with Crippen molar-refractivity contribution in [1.82, 2.24) is 4.98 Å². The van der Waals surface area contributed by atoms with Crippen LogP contribution in [0.1, 0.15) is 25.5 Å². The Bertz CT molecular complexity index is 537. The third-order valence-corrected chi connectivity index (χ3v) is 2.88. The molecule has 2 rings (SSSR count). The molecule has 0 saturated heterocycles. The van der Waals surface area contributed by atoms with Crippen molar-refractivity contribution in [3.8, 4) is 11.3 Å². The van der Waals surface area contributed by atoms with Crippen LogP contribution in [0.5, 0.6) is 0 Å². The van der Waals surface area contributed by atoms with Gasteiger partial charge in [0.25, 0.3) is 0 Å². The van der Waals surface area contributed by atoms with Crippen LogP contribution in [0.15, 0.2) is 36.4 Å². The molecule has 0 fully saturated rings. The summed E-state index contributed by atoms with van der Waals surface area (Å²) >= 11 is 5.65. The molecule has 0 aliphatic heterocycles. The van der Waals surface area contributed by atoms with Gasteiger partial charge in [-0.15, -0.1) is 0 Å². The Labute approximate surface area is 105 Å². The van der Waals surface area contributed by atoms with E-state index >= 15 is 0 Å². The molecule has 0 N–H and O–H groups in total. The van der Waals surface area contributed by atoms with Gasteiger partial charge in [0.05, 0.1) is 10.7 Å². The van der Waals surface area contributed by atoms with E-state index in [-0.39, 0.29) is 5.02 Å². The fourth-order valence-corrected chi connectivity index (χ4v) is 1.71. The number of pyridine rings is 1. The second kappa shape index (κ2) is 4.84. The molecule has 1 aromatic carbocycles. The van der Waals surface area contributed by atoms with Gasteiger partial charge in [0, 0.05) is 11.3 Å². The summed E-state index contributed by atoms with van der Waals surface area (Å²) in [5.74, 6) is -0.0620. The zero-order valence-corrected chi connectivity index (χ0v) is 10.5. The number of hydrogen-bond donors (Lipinski definition) is 0. The van der Waals surface area contributed by atoms with Crippen molar-refractivity contribution in [2.45, 2.75) is 19.8 Å². The number of aromatic nitrogens is 1. The van der Waals surface area contributed by atoms with Crippen LogP contribution in [0.3, 0.4) is 0 Å². The monoisotopic (exact) mass is 249 g/mol. The molecule has 0 amide bonds. The average Bonchev–Trinajstić information content (AvgIpc) is 2.33. The molecule has 88 valence electrons. The van der Waals surface area contributed by atoms with Gasteiger partial charge in [-0.25, -0.2) is 4.39 Å². The number of hydrogen-bond acceptors (Lipinski definition) is 1. The lowest BCUT2D eigenvalue weighted by Crippen LogP contribution is -1.94. The predicted octanol–water partition coefficient (Wildman–Crippen LogP) is 4.66. The van der Waals surface area contributed by atoms with Gasteiger partial charge < -0.3 is 0 Å². The number of nitrogens with zero attached hydrogens (tertiary/aromatic N) is 1. The number of rotatable bonds is 2. The molecule has 1 nitrogen and oxygen atoms in total.